The Hall–Kier alpha value is -3.61. The summed E-state index contributed by atoms with van der Waals surface area (Å²) >= 11 is 0. The van der Waals surface area contributed by atoms with Gasteiger partial charge >= 0.3 is 6.09 Å². The molecule has 0 fully saturated rings. The lowest BCUT2D eigenvalue weighted by Gasteiger charge is -2.23. The largest absolute Gasteiger partial charge is 0.489 e. The maximum Gasteiger partial charge on any atom is 0.414 e. The van der Waals surface area contributed by atoms with E-state index in [1.54, 1.807) is 14.0 Å². The highest BCUT2D eigenvalue weighted by atomic mass is 16.6. The average Bonchev–Trinajstić information content (AvgIpc) is 2.85. The van der Waals surface area contributed by atoms with Gasteiger partial charge in [-0.15, -0.1) is 0 Å². The third kappa shape index (κ3) is 5.73. The van der Waals surface area contributed by atoms with E-state index < -0.39 is 6.09 Å². The summed E-state index contributed by atoms with van der Waals surface area (Å²) in [4.78, 5) is 27.6. The van der Waals surface area contributed by atoms with E-state index in [9.17, 15) is 9.59 Å². The molecule has 35 heavy (non-hydrogen) atoms. The second-order valence-electron chi connectivity index (χ2n) is 8.42. The van der Waals surface area contributed by atoms with Crippen molar-refractivity contribution in [1.29, 1.82) is 0 Å². The number of para-hydroxylation sites is 1. The first-order valence-electron chi connectivity index (χ1n) is 12.1. The van der Waals surface area contributed by atoms with Gasteiger partial charge in [-0.1, -0.05) is 49.7 Å². The number of carbonyl (C=O) groups is 1. The number of amides is 1. The average molecular weight is 478 g/mol. The number of aromatic nitrogens is 2. The number of aryl methyl sites for hydroxylation is 5. The number of nitrogens with zero attached hydrogens (tertiary/aromatic N) is 3. The van der Waals surface area contributed by atoms with Crippen molar-refractivity contribution in [3.05, 3.63) is 75.2 Å². The van der Waals surface area contributed by atoms with Gasteiger partial charge in [-0.2, -0.15) is 5.10 Å². The van der Waals surface area contributed by atoms with Crippen LogP contribution < -0.4 is 15.2 Å². The summed E-state index contributed by atoms with van der Waals surface area (Å²) in [5, 5.41) is 4.38. The number of anilines is 1. The first-order valence-corrected chi connectivity index (χ1v) is 12.1. The second kappa shape index (κ2) is 11.7. The van der Waals surface area contributed by atoms with Crippen LogP contribution in [0, 0.1) is 13.8 Å². The van der Waals surface area contributed by atoms with Gasteiger partial charge in [-0.25, -0.2) is 9.48 Å². The molecular formula is C28H35N3O4. The molecule has 7 heteroatoms. The van der Waals surface area contributed by atoms with Gasteiger partial charge < -0.3 is 9.47 Å². The molecule has 7 nitrogen and oxygen atoms in total. The van der Waals surface area contributed by atoms with Crippen LogP contribution in [0.2, 0.25) is 0 Å². The van der Waals surface area contributed by atoms with E-state index in [1.165, 1.54) is 15.1 Å². The lowest BCUT2D eigenvalue weighted by molar-refractivity contribution is 0.158. The molecule has 186 valence electrons. The van der Waals surface area contributed by atoms with Gasteiger partial charge in [0.1, 0.15) is 12.3 Å². The fourth-order valence-electron chi connectivity index (χ4n) is 4.35. The third-order valence-corrected chi connectivity index (χ3v) is 5.94. The highest BCUT2D eigenvalue weighted by Gasteiger charge is 2.23. The van der Waals surface area contributed by atoms with Gasteiger partial charge in [0, 0.05) is 12.7 Å². The number of carbonyl (C=O) groups excluding carboxylic acids is 1. The molecule has 0 atom stereocenters. The summed E-state index contributed by atoms with van der Waals surface area (Å²) in [5.41, 5.74) is 5.95. The molecule has 0 bridgehead atoms. The normalized spacial score (nSPS) is 10.8. The minimum atomic E-state index is -0.443. The van der Waals surface area contributed by atoms with Crippen molar-refractivity contribution in [1.82, 2.24) is 9.78 Å². The summed E-state index contributed by atoms with van der Waals surface area (Å²) in [6.45, 7) is 10.6. The minimum absolute atomic E-state index is 0.172. The SMILES string of the molecule is CCOC(=O)N(CCOc1c(C)nn(C)c(=O)c1-c1c(CC)cc(C)cc1CC)c1ccccc1. The third-order valence-electron chi connectivity index (χ3n) is 5.94. The molecule has 0 aliphatic heterocycles. The zero-order valence-electron chi connectivity index (χ0n) is 21.6. The number of benzene rings is 2. The van der Waals surface area contributed by atoms with Crippen LogP contribution in [0.15, 0.2) is 47.3 Å². The molecule has 0 N–H and O–H groups in total. The van der Waals surface area contributed by atoms with Gasteiger partial charge in [0.15, 0.2) is 5.75 Å². The first kappa shape index (κ1) is 26.0. The van der Waals surface area contributed by atoms with Crippen LogP contribution in [-0.2, 0) is 24.6 Å². The van der Waals surface area contributed by atoms with Crippen LogP contribution in [0.4, 0.5) is 10.5 Å². The second-order valence-corrected chi connectivity index (χ2v) is 8.42. The van der Waals surface area contributed by atoms with E-state index in [1.807, 2.05) is 37.3 Å². The Morgan fingerprint density at radius 3 is 2.20 bits per heavy atom. The molecule has 3 rings (SSSR count). The van der Waals surface area contributed by atoms with Gasteiger partial charge in [0.05, 0.1) is 18.7 Å². The summed E-state index contributed by atoms with van der Waals surface area (Å²) in [7, 11) is 1.66. The summed E-state index contributed by atoms with van der Waals surface area (Å²) < 4.78 is 12.9. The minimum Gasteiger partial charge on any atom is -0.489 e. The molecule has 0 radical (unpaired) electrons. The predicted molar refractivity (Wildman–Crippen MR) is 139 cm³/mol. The van der Waals surface area contributed by atoms with Crippen molar-refractivity contribution >= 4 is 11.8 Å². The van der Waals surface area contributed by atoms with Gasteiger partial charge in [-0.3, -0.25) is 9.69 Å². The number of ether oxygens (including phenoxy) is 2. The maximum atomic E-state index is 13.4. The molecule has 0 aliphatic carbocycles. The van der Waals surface area contributed by atoms with E-state index in [2.05, 4.69) is 38.0 Å². The van der Waals surface area contributed by atoms with Crippen LogP contribution in [-0.4, -0.2) is 35.6 Å². The highest BCUT2D eigenvalue weighted by Crippen LogP contribution is 2.35. The Bertz CT molecular complexity index is 1210. The zero-order chi connectivity index (χ0) is 25.5. The van der Waals surface area contributed by atoms with Crippen molar-refractivity contribution in [3.8, 4) is 16.9 Å². The van der Waals surface area contributed by atoms with Gasteiger partial charge in [0.25, 0.3) is 5.56 Å². The monoisotopic (exact) mass is 477 g/mol. The lowest BCUT2D eigenvalue weighted by atomic mass is 9.90. The van der Waals surface area contributed by atoms with Crippen molar-refractivity contribution < 1.29 is 14.3 Å². The van der Waals surface area contributed by atoms with Crippen LogP contribution in [0.3, 0.4) is 0 Å². The maximum absolute atomic E-state index is 13.4. The Morgan fingerprint density at radius 1 is 1.00 bits per heavy atom. The van der Waals surface area contributed by atoms with Gasteiger partial charge in [0.2, 0.25) is 0 Å². The van der Waals surface area contributed by atoms with Crippen LogP contribution in [0.1, 0.15) is 43.2 Å². The lowest BCUT2D eigenvalue weighted by Crippen LogP contribution is -2.35. The van der Waals surface area contributed by atoms with Crippen LogP contribution in [0.5, 0.6) is 5.75 Å². The standard InChI is InChI=1S/C28H35N3O4/c1-7-21-17-19(4)18-22(8-2)24(21)25-26(20(5)29-30(6)27(25)32)35-16-15-31(28(33)34-9-3)23-13-11-10-12-14-23/h10-14,17-18H,7-9,15-16H2,1-6H3. The quantitative estimate of drug-likeness (QED) is 0.422. The van der Waals surface area contributed by atoms with E-state index in [0.29, 0.717) is 22.7 Å². The predicted octanol–water partition coefficient (Wildman–Crippen LogP) is 5.23. The van der Waals surface area contributed by atoms with E-state index in [-0.39, 0.29) is 25.3 Å². The van der Waals surface area contributed by atoms with Crippen LogP contribution >= 0.6 is 0 Å². The smallest absolute Gasteiger partial charge is 0.414 e. The van der Waals surface area contributed by atoms with E-state index >= 15 is 0 Å². The van der Waals surface area contributed by atoms with Crippen molar-refractivity contribution in [2.45, 2.75) is 47.5 Å². The Morgan fingerprint density at radius 2 is 1.63 bits per heavy atom. The Balaban J connectivity index is 2.03. The molecule has 1 aromatic heterocycles. The van der Waals surface area contributed by atoms with Crippen molar-refractivity contribution in [2.75, 3.05) is 24.7 Å². The van der Waals surface area contributed by atoms with Gasteiger partial charge in [-0.05, 0) is 62.4 Å². The Labute approximate surface area is 207 Å². The van der Waals surface area contributed by atoms with Crippen LogP contribution in [0.25, 0.3) is 11.1 Å². The summed E-state index contributed by atoms with van der Waals surface area (Å²) in [6.07, 6.45) is 1.14. The molecule has 0 aliphatic rings. The Kier molecular flexibility index (Phi) is 8.68. The van der Waals surface area contributed by atoms with Crippen molar-refractivity contribution in [3.63, 3.8) is 0 Å². The molecule has 0 spiro atoms. The summed E-state index contributed by atoms with van der Waals surface area (Å²) in [5.74, 6) is 0.457. The van der Waals surface area contributed by atoms with E-state index in [0.717, 1.165) is 29.5 Å². The number of hydrogen-bond donors (Lipinski definition) is 0. The fourth-order valence-corrected chi connectivity index (χ4v) is 4.35. The molecular weight excluding hydrogens is 442 g/mol. The molecule has 2 aromatic carbocycles. The van der Waals surface area contributed by atoms with E-state index in [4.69, 9.17) is 9.47 Å². The molecule has 1 heterocycles. The molecule has 0 saturated heterocycles. The number of rotatable bonds is 9. The van der Waals surface area contributed by atoms with Crippen molar-refractivity contribution in [2.24, 2.45) is 7.05 Å². The molecule has 0 unspecified atom stereocenters. The number of hydrogen-bond acceptors (Lipinski definition) is 5. The molecule has 0 saturated carbocycles. The molecule has 1 amide bonds. The summed E-state index contributed by atoms with van der Waals surface area (Å²) in [6, 6.07) is 13.6. The molecule has 3 aromatic rings. The topological polar surface area (TPSA) is 73.7 Å². The first-order chi connectivity index (χ1) is 16.8. The highest BCUT2D eigenvalue weighted by molar-refractivity contribution is 5.87. The zero-order valence-corrected chi connectivity index (χ0v) is 21.6. The fraction of sp³-hybridized carbons (Fsp3) is 0.393.